The highest BCUT2D eigenvalue weighted by Gasteiger charge is 2.22. The van der Waals surface area contributed by atoms with E-state index in [1.54, 1.807) is 0 Å². The summed E-state index contributed by atoms with van der Waals surface area (Å²) in [5, 5.41) is 0. The molecular weight excluding hydrogens is 187 g/mol. The van der Waals surface area contributed by atoms with Crippen molar-refractivity contribution in [1.82, 2.24) is 0 Å². The maximum atomic E-state index is 11.9. The Morgan fingerprint density at radius 2 is 1.38 bits per heavy atom. The van der Waals surface area contributed by atoms with Gasteiger partial charge in [-0.1, -0.05) is 20.8 Å². The van der Waals surface area contributed by atoms with Gasteiger partial charge >= 0.3 is 7.60 Å². The van der Waals surface area contributed by atoms with Gasteiger partial charge in [-0.2, -0.15) is 0 Å². The Hall–Kier alpha value is 0.150. The van der Waals surface area contributed by atoms with Crippen LogP contribution in [0.4, 0.5) is 0 Å². The lowest BCUT2D eigenvalue weighted by Gasteiger charge is -2.16. The summed E-state index contributed by atoms with van der Waals surface area (Å²) in [6.45, 7) is 7.03. The molecule has 0 amide bonds. The Kier molecular flexibility index (Phi) is 7.63. The summed E-state index contributed by atoms with van der Waals surface area (Å²) in [5.41, 5.74) is 0. The summed E-state index contributed by atoms with van der Waals surface area (Å²) in [6, 6.07) is 0. The van der Waals surface area contributed by atoms with Crippen molar-refractivity contribution in [3.05, 3.63) is 0 Å². The molecular formula is C9H21O3P. The molecule has 0 saturated carbocycles. The molecule has 4 heteroatoms. The van der Waals surface area contributed by atoms with Gasteiger partial charge < -0.3 is 9.05 Å². The normalized spacial score (nSPS) is 11.9. The highest BCUT2D eigenvalue weighted by Crippen LogP contribution is 2.48. The standard InChI is InChI=1S/C9H21O3P/c1-4-7-11-13(10,9-6-3)12-8-5-2/h4-9H2,1-3H3. The second-order valence-electron chi connectivity index (χ2n) is 3.00. The van der Waals surface area contributed by atoms with Crippen LogP contribution in [0.25, 0.3) is 0 Å². The third-order valence-corrected chi connectivity index (χ3v) is 3.63. The summed E-state index contributed by atoms with van der Waals surface area (Å²) >= 11 is 0. The zero-order valence-corrected chi connectivity index (χ0v) is 9.81. The van der Waals surface area contributed by atoms with Crippen LogP contribution in [0.1, 0.15) is 40.0 Å². The van der Waals surface area contributed by atoms with Crippen molar-refractivity contribution in [2.75, 3.05) is 19.4 Å². The smallest absolute Gasteiger partial charge is 0.309 e. The second kappa shape index (κ2) is 7.54. The van der Waals surface area contributed by atoms with E-state index in [4.69, 9.17) is 9.05 Å². The Bertz CT molecular complexity index is 147. The zero-order chi connectivity index (χ0) is 10.2. The average molecular weight is 208 g/mol. The molecule has 0 aromatic heterocycles. The first-order chi connectivity index (χ1) is 6.18. The Labute approximate surface area is 81.3 Å². The molecule has 0 saturated heterocycles. The fourth-order valence-corrected chi connectivity index (χ4v) is 2.70. The molecule has 80 valence electrons. The van der Waals surface area contributed by atoms with Crippen LogP contribution in [0.15, 0.2) is 0 Å². The predicted molar refractivity (Wildman–Crippen MR) is 55.3 cm³/mol. The van der Waals surface area contributed by atoms with Crippen molar-refractivity contribution in [1.29, 1.82) is 0 Å². The van der Waals surface area contributed by atoms with Crippen LogP contribution in [0.3, 0.4) is 0 Å². The molecule has 0 radical (unpaired) electrons. The quantitative estimate of drug-likeness (QED) is 0.573. The predicted octanol–water partition coefficient (Wildman–Crippen LogP) is 3.44. The first-order valence-corrected chi connectivity index (χ1v) is 6.79. The second-order valence-corrected chi connectivity index (χ2v) is 5.19. The molecule has 0 aliphatic heterocycles. The van der Waals surface area contributed by atoms with Crippen molar-refractivity contribution < 1.29 is 13.6 Å². The lowest BCUT2D eigenvalue weighted by molar-refractivity contribution is 0.204. The van der Waals surface area contributed by atoms with Gasteiger partial charge in [0.25, 0.3) is 0 Å². The van der Waals surface area contributed by atoms with Crippen molar-refractivity contribution >= 4 is 7.60 Å². The van der Waals surface area contributed by atoms with Crippen LogP contribution in [-0.4, -0.2) is 19.4 Å². The topological polar surface area (TPSA) is 35.5 Å². The van der Waals surface area contributed by atoms with Gasteiger partial charge in [0.1, 0.15) is 0 Å². The van der Waals surface area contributed by atoms with Crippen LogP contribution in [0.2, 0.25) is 0 Å². The molecule has 0 unspecified atom stereocenters. The molecule has 3 nitrogen and oxygen atoms in total. The average Bonchev–Trinajstić information content (AvgIpc) is 2.12. The van der Waals surface area contributed by atoms with E-state index in [0.717, 1.165) is 19.3 Å². The summed E-state index contributed by atoms with van der Waals surface area (Å²) in [7, 11) is -2.75. The van der Waals surface area contributed by atoms with Crippen LogP contribution in [0, 0.1) is 0 Å². The van der Waals surface area contributed by atoms with Gasteiger partial charge in [0.05, 0.1) is 13.2 Å². The van der Waals surface area contributed by atoms with E-state index in [1.165, 1.54) is 0 Å². The van der Waals surface area contributed by atoms with E-state index in [-0.39, 0.29) is 0 Å². The van der Waals surface area contributed by atoms with Crippen molar-refractivity contribution in [3.63, 3.8) is 0 Å². The highest BCUT2D eigenvalue weighted by atomic mass is 31.2. The van der Waals surface area contributed by atoms with E-state index in [0.29, 0.717) is 19.4 Å². The first kappa shape index (κ1) is 13.2. The Morgan fingerprint density at radius 3 is 1.69 bits per heavy atom. The van der Waals surface area contributed by atoms with Crippen molar-refractivity contribution in [2.45, 2.75) is 40.0 Å². The molecule has 0 N–H and O–H groups in total. The molecule has 0 spiro atoms. The van der Waals surface area contributed by atoms with E-state index >= 15 is 0 Å². The van der Waals surface area contributed by atoms with Crippen molar-refractivity contribution in [3.8, 4) is 0 Å². The summed E-state index contributed by atoms with van der Waals surface area (Å²) in [6.07, 6.45) is 3.13. The largest absolute Gasteiger partial charge is 0.330 e. The number of hydrogen-bond donors (Lipinski definition) is 0. The molecule has 0 heterocycles. The van der Waals surface area contributed by atoms with Gasteiger partial charge in [-0.15, -0.1) is 0 Å². The van der Waals surface area contributed by atoms with Gasteiger partial charge in [-0.25, -0.2) is 0 Å². The van der Waals surface area contributed by atoms with Gasteiger partial charge in [0.2, 0.25) is 0 Å². The molecule has 0 bridgehead atoms. The van der Waals surface area contributed by atoms with E-state index < -0.39 is 7.60 Å². The molecule has 0 aromatic carbocycles. The zero-order valence-electron chi connectivity index (χ0n) is 8.91. The summed E-state index contributed by atoms with van der Waals surface area (Å²) in [5.74, 6) is 0. The monoisotopic (exact) mass is 208 g/mol. The number of rotatable bonds is 8. The SMILES string of the molecule is CCCOP(=O)(CCC)OCCC. The van der Waals surface area contributed by atoms with E-state index in [9.17, 15) is 4.57 Å². The summed E-state index contributed by atoms with van der Waals surface area (Å²) in [4.78, 5) is 0. The van der Waals surface area contributed by atoms with Crippen LogP contribution in [0.5, 0.6) is 0 Å². The molecule has 0 aliphatic rings. The Morgan fingerprint density at radius 1 is 0.923 bits per heavy atom. The van der Waals surface area contributed by atoms with Gasteiger partial charge in [-0.05, 0) is 19.3 Å². The maximum Gasteiger partial charge on any atom is 0.330 e. The molecule has 13 heavy (non-hydrogen) atoms. The molecule has 0 aliphatic carbocycles. The molecule has 0 aromatic rings. The lowest BCUT2D eigenvalue weighted by atomic mass is 10.5. The van der Waals surface area contributed by atoms with Gasteiger partial charge in [0, 0.05) is 6.16 Å². The first-order valence-electron chi connectivity index (χ1n) is 5.06. The van der Waals surface area contributed by atoms with Gasteiger partial charge in [0.15, 0.2) is 0 Å². The maximum absolute atomic E-state index is 11.9. The third kappa shape index (κ3) is 6.25. The fourth-order valence-electron chi connectivity index (χ4n) is 0.901. The Balaban J connectivity index is 3.92. The van der Waals surface area contributed by atoms with Crippen LogP contribution in [-0.2, 0) is 13.6 Å². The van der Waals surface area contributed by atoms with Crippen molar-refractivity contribution in [2.24, 2.45) is 0 Å². The molecule has 0 rings (SSSR count). The lowest BCUT2D eigenvalue weighted by Crippen LogP contribution is -2.01. The fraction of sp³-hybridized carbons (Fsp3) is 1.00. The van der Waals surface area contributed by atoms with Crippen LogP contribution < -0.4 is 0 Å². The minimum absolute atomic E-state index is 0.529. The molecule has 0 fully saturated rings. The molecule has 0 atom stereocenters. The third-order valence-electron chi connectivity index (χ3n) is 1.48. The highest BCUT2D eigenvalue weighted by molar-refractivity contribution is 7.53. The minimum atomic E-state index is -2.75. The van der Waals surface area contributed by atoms with Gasteiger partial charge in [-0.3, -0.25) is 4.57 Å². The number of hydrogen-bond acceptors (Lipinski definition) is 3. The van der Waals surface area contributed by atoms with E-state index in [1.807, 2.05) is 20.8 Å². The van der Waals surface area contributed by atoms with E-state index in [2.05, 4.69) is 0 Å². The summed E-state index contributed by atoms with van der Waals surface area (Å²) < 4.78 is 22.4. The van der Waals surface area contributed by atoms with Crippen LogP contribution >= 0.6 is 7.60 Å². The minimum Gasteiger partial charge on any atom is -0.309 e.